The lowest BCUT2D eigenvalue weighted by molar-refractivity contribution is 0.0318. The zero-order chi connectivity index (χ0) is 20.5. The van der Waals surface area contributed by atoms with Gasteiger partial charge in [-0.05, 0) is 67.6 Å². The normalized spacial score (nSPS) is 14.6. The highest BCUT2D eigenvalue weighted by atomic mass is 32.2. The van der Waals surface area contributed by atoms with E-state index in [-0.39, 0.29) is 16.2 Å². The van der Waals surface area contributed by atoms with Gasteiger partial charge >= 0.3 is 5.97 Å². The van der Waals surface area contributed by atoms with Crippen LogP contribution >= 0.6 is 0 Å². The quantitative estimate of drug-likeness (QED) is 0.549. The molecular weight excluding hydrogens is 378 g/mol. The third kappa shape index (κ3) is 4.00. The molecule has 2 aromatic carbocycles. The molecule has 0 spiro atoms. The highest BCUT2D eigenvalue weighted by Gasteiger charge is 2.23. The van der Waals surface area contributed by atoms with Crippen molar-refractivity contribution >= 4 is 21.8 Å². The fourth-order valence-electron chi connectivity index (χ4n) is 3.22. The molecule has 28 heavy (non-hydrogen) atoms. The van der Waals surface area contributed by atoms with Crippen LogP contribution in [0.25, 0.3) is 0 Å². The Hall–Kier alpha value is -2.51. The average Bonchev–Trinajstić information content (AvgIpc) is 3.15. The molecule has 1 aliphatic carbocycles. The third-order valence-electron chi connectivity index (χ3n) is 4.90. The maximum Gasteiger partial charge on any atom is 0.338 e. The Balaban J connectivity index is 1.69. The fraction of sp³-hybridized carbons (Fsp3) is 0.333. The van der Waals surface area contributed by atoms with Gasteiger partial charge in [-0.2, -0.15) is 0 Å². The average molecular weight is 401 g/mol. The van der Waals surface area contributed by atoms with Crippen LogP contribution in [0, 0.1) is 0 Å². The number of ketones is 1. The topological polar surface area (TPSA) is 80.8 Å². The number of esters is 1. The van der Waals surface area contributed by atoms with Crippen LogP contribution in [0.3, 0.4) is 0 Å². The number of carbonyl (C=O) groups excluding carboxylic acids is 2. The molecule has 3 rings (SSSR count). The zero-order valence-electron chi connectivity index (χ0n) is 16.1. The first-order valence-corrected chi connectivity index (χ1v) is 10.5. The maximum atomic E-state index is 12.6. The van der Waals surface area contributed by atoms with E-state index in [4.69, 9.17) is 4.74 Å². The first-order chi connectivity index (χ1) is 13.2. The molecule has 0 N–H and O–H groups in total. The molecule has 0 fully saturated rings. The lowest BCUT2D eigenvalue weighted by Crippen LogP contribution is -2.25. The van der Waals surface area contributed by atoms with Crippen LogP contribution in [0.4, 0.5) is 0 Å². The molecule has 0 saturated carbocycles. The molecule has 7 heteroatoms. The molecule has 0 heterocycles. The summed E-state index contributed by atoms with van der Waals surface area (Å²) in [4.78, 5) is 25.0. The number of fused-ring (bicyclic) bond motifs is 1. The minimum absolute atomic E-state index is 0.0799. The minimum atomic E-state index is -3.57. The second kappa shape index (κ2) is 7.85. The molecule has 0 aromatic heterocycles. The second-order valence-electron chi connectivity index (χ2n) is 7.06. The van der Waals surface area contributed by atoms with E-state index >= 15 is 0 Å². The van der Waals surface area contributed by atoms with Gasteiger partial charge in [0.25, 0.3) is 0 Å². The van der Waals surface area contributed by atoms with Crippen molar-refractivity contribution in [2.75, 3.05) is 14.1 Å². The minimum Gasteiger partial charge on any atom is -0.451 e. The van der Waals surface area contributed by atoms with Crippen LogP contribution in [-0.4, -0.2) is 44.7 Å². The smallest absolute Gasteiger partial charge is 0.338 e. The van der Waals surface area contributed by atoms with Crippen LogP contribution in [0.5, 0.6) is 0 Å². The van der Waals surface area contributed by atoms with Crippen LogP contribution < -0.4 is 0 Å². The number of rotatable bonds is 6. The molecule has 6 nitrogen and oxygen atoms in total. The molecule has 2 aromatic rings. The molecular formula is C21H23NO5S. The van der Waals surface area contributed by atoms with Crippen molar-refractivity contribution in [3.63, 3.8) is 0 Å². The standard InChI is InChI=1S/C21H23NO5S/c1-14(20(23)18-8-7-15-5-4-6-17(15)13-18)27-21(24)16-9-11-19(12-10-16)28(25,26)22(2)3/h7-14H,4-6H2,1-3H3. The van der Waals surface area contributed by atoms with Crippen molar-refractivity contribution in [3.05, 3.63) is 64.7 Å². The Morgan fingerprint density at radius 3 is 2.21 bits per heavy atom. The van der Waals surface area contributed by atoms with Crippen molar-refractivity contribution in [2.24, 2.45) is 0 Å². The molecule has 1 aliphatic rings. The van der Waals surface area contributed by atoms with Crippen molar-refractivity contribution in [2.45, 2.75) is 37.2 Å². The molecule has 1 atom stereocenters. The molecule has 0 amide bonds. The lowest BCUT2D eigenvalue weighted by atomic mass is 10.0. The van der Waals surface area contributed by atoms with Gasteiger partial charge in [0.1, 0.15) is 0 Å². The molecule has 0 radical (unpaired) electrons. The van der Waals surface area contributed by atoms with E-state index < -0.39 is 22.1 Å². The van der Waals surface area contributed by atoms with Crippen molar-refractivity contribution in [3.8, 4) is 0 Å². The van der Waals surface area contributed by atoms with E-state index in [1.165, 1.54) is 49.5 Å². The summed E-state index contributed by atoms with van der Waals surface area (Å²) in [6.45, 7) is 1.54. The van der Waals surface area contributed by atoms with E-state index in [1.807, 2.05) is 12.1 Å². The summed E-state index contributed by atoms with van der Waals surface area (Å²) in [7, 11) is -0.701. The van der Waals surface area contributed by atoms with Crippen molar-refractivity contribution < 1.29 is 22.7 Å². The Bertz CT molecular complexity index is 1010. The largest absolute Gasteiger partial charge is 0.451 e. The molecule has 0 bridgehead atoms. The van der Waals surface area contributed by atoms with E-state index in [9.17, 15) is 18.0 Å². The summed E-state index contributed by atoms with van der Waals surface area (Å²) in [5.41, 5.74) is 3.18. The first kappa shape index (κ1) is 20.2. The molecule has 148 valence electrons. The summed E-state index contributed by atoms with van der Waals surface area (Å²) in [6.07, 6.45) is 2.16. The maximum absolute atomic E-state index is 12.6. The number of ether oxygens (including phenoxy) is 1. The van der Waals surface area contributed by atoms with Crippen LogP contribution in [-0.2, 0) is 27.6 Å². The number of benzene rings is 2. The first-order valence-electron chi connectivity index (χ1n) is 9.10. The number of hydrogen-bond donors (Lipinski definition) is 0. The highest BCUT2D eigenvalue weighted by molar-refractivity contribution is 7.89. The SMILES string of the molecule is CC(OC(=O)c1ccc(S(=O)(=O)N(C)C)cc1)C(=O)c1ccc2c(c1)CCC2. The predicted octanol–water partition coefficient (Wildman–Crippen LogP) is 2.85. The summed E-state index contributed by atoms with van der Waals surface area (Å²) < 4.78 is 30.6. The zero-order valence-corrected chi connectivity index (χ0v) is 17.0. The van der Waals surface area contributed by atoms with Gasteiger partial charge in [0, 0.05) is 19.7 Å². The Morgan fingerprint density at radius 2 is 1.57 bits per heavy atom. The lowest BCUT2D eigenvalue weighted by Gasteiger charge is -2.14. The monoisotopic (exact) mass is 401 g/mol. The van der Waals surface area contributed by atoms with Crippen LogP contribution in [0.15, 0.2) is 47.4 Å². The summed E-state index contributed by atoms with van der Waals surface area (Å²) in [5.74, 6) is -0.925. The Labute approximate surface area is 165 Å². The molecule has 1 unspecified atom stereocenters. The summed E-state index contributed by atoms with van der Waals surface area (Å²) >= 11 is 0. The number of nitrogens with zero attached hydrogens (tertiary/aromatic N) is 1. The number of aryl methyl sites for hydroxylation is 2. The van der Waals surface area contributed by atoms with Gasteiger partial charge < -0.3 is 4.74 Å². The fourth-order valence-corrected chi connectivity index (χ4v) is 4.12. The molecule has 0 saturated heterocycles. The van der Waals surface area contributed by atoms with Crippen molar-refractivity contribution in [1.82, 2.24) is 4.31 Å². The Kier molecular flexibility index (Phi) is 5.67. The van der Waals surface area contributed by atoms with Gasteiger partial charge in [-0.1, -0.05) is 12.1 Å². The third-order valence-corrected chi connectivity index (χ3v) is 6.73. The summed E-state index contributed by atoms with van der Waals surface area (Å²) in [6, 6.07) is 11.1. The molecule has 0 aliphatic heterocycles. The highest BCUT2D eigenvalue weighted by Crippen LogP contribution is 2.24. The second-order valence-corrected chi connectivity index (χ2v) is 9.21. The van der Waals surface area contributed by atoms with Gasteiger partial charge in [0.15, 0.2) is 6.10 Å². The summed E-state index contributed by atoms with van der Waals surface area (Å²) in [5, 5.41) is 0. The van der Waals surface area contributed by atoms with Gasteiger partial charge in [0.05, 0.1) is 10.5 Å². The van der Waals surface area contributed by atoms with Crippen LogP contribution in [0.2, 0.25) is 0 Å². The van der Waals surface area contributed by atoms with E-state index in [2.05, 4.69) is 0 Å². The number of carbonyl (C=O) groups is 2. The van der Waals surface area contributed by atoms with Gasteiger partial charge in [-0.25, -0.2) is 17.5 Å². The number of Topliss-reactive ketones (excluding diaryl/α,β-unsaturated/α-hetero) is 1. The Morgan fingerprint density at radius 1 is 0.964 bits per heavy atom. The van der Waals surface area contributed by atoms with Gasteiger partial charge in [0.2, 0.25) is 15.8 Å². The van der Waals surface area contributed by atoms with E-state index in [0.29, 0.717) is 5.56 Å². The number of hydrogen-bond acceptors (Lipinski definition) is 5. The van der Waals surface area contributed by atoms with E-state index in [0.717, 1.165) is 23.6 Å². The predicted molar refractivity (Wildman–Crippen MR) is 105 cm³/mol. The van der Waals surface area contributed by atoms with Gasteiger partial charge in [-0.15, -0.1) is 0 Å². The van der Waals surface area contributed by atoms with Gasteiger partial charge in [-0.3, -0.25) is 4.79 Å². The van der Waals surface area contributed by atoms with Crippen molar-refractivity contribution in [1.29, 1.82) is 0 Å². The van der Waals surface area contributed by atoms with Crippen LogP contribution in [0.1, 0.15) is 45.2 Å². The number of sulfonamides is 1. The van der Waals surface area contributed by atoms with E-state index in [1.54, 1.807) is 13.0 Å².